The number of benzene rings is 1. The SMILES string of the molecule is CC(=O)c1c(Cl)c(Br)c(C(=O)CN(C)C)c(Cl)c1Br. The Morgan fingerprint density at radius 3 is 1.89 bits per heavy atom. The maximum Gasteiger partial charge on any atom is 0.179 e. The highest BCUT2D eigenvalue weighted by Gasteiger charge is 2.25. The molecule has 1 aromatic rings. The Labute approximate surface area is 138 Å². The lowest BCUT2D eigenvalue weighted by Crippen LogP contribution is -2.22. The molecule has 0 saturated carbocycles. The van der Waals surface area contributed by atoms with Crippen LogP contribution in [0.2, 0.25) is 10.0 Å². The van der Waals surface area contributed by atoms with Crippen LogP contribution in [-0.2, 0) is 0 Å². The highest BCUT2D eigenvalue weighted by molar-refractivity contribution is 9.11. The zero-order valence-corrected chi connectivity index (χ0v) is 15.2. The second kappa shape index (κ2) is 6.68. The van der Waals surface area contributed by atoms with Crippen LogP contribution < -0.4 is 0 Å². The highest BCUT2D eigenvalue weighted by Crippen LogP contribution is 2.41. The number of Topliss-reactive ketones (excluding diaryl/α,β-unsaturated/α-hetero) is 2. The summed E-state index contributed by atoms with van der Waals surface area (Å²) in [5, 5.41) is 0.374. The first-order valence-corrected chi connectivity index (χ1v) is 7.57. The smallest absolute Gasteiger partial charge is 0.179 e. The molecule has 0 aliphatic carbocycles. The van der Waals surface area contributed by atoms with Gasteiger partial charge in [0.1, 0.15) is 0 Å². The number of ketones is 2. The first-order valence-electron chi connectivity index (χ1n) is 5.23. The van der Waals surface area contributed by atoms with E-state index in [4.69, 9.17) is 23.2 Å². The molecule has 1 aromatic carbocycles. The zero-order valence-electron chi connectivity index (χ0n) is 10.5. The topological polar surface area (TPSA) is 37.4 Å². The molecule has 1 rings (SSSR count). The van der Waals surface area contributed by atoms with E-state index in [0.29, 0.717) is 8.95 Å². The van der Waals surface area contributed by atoms with Gasteiger partial charge in [0.2, 0.25) is 0 Å². The van der Waals surface area contributed by atoms with E-state index in [0.717, 1.165) is 0 Å². The molecule has 7 heteroatoms. The second-order valence-electron chi connectivity index (χ2n) is 4.22. The van der Waals surface area contributed by atoms with Crippen molar-refractivity contribution in [2.45, 2.75) is 6.92 Å². The molecule has 0 radical (unpaired) electrons. The molecule has 0 aliphatic heterocycles. The molecule has 0 aromatic heterocycles. The molecule has 0 unspecified atom stereocenters. The fraction of sp³-hybridized carbons (Fsp3) is 0.333. The summed E-state index contributed by atoms with van der Waals surface area (Å²) in [6.45, 7) is 1.58. The minimum absolute atomic E-state index is 0.181. The Bertz CT molecular complexity index is 530. The van der Waals surface area contributed by atoms with Gasteiger partial charge in [-0.15, -0.1) is 0 Å². The molecule has 0 fully saturated rings. The van der Waals surface area contributed by atoms with Crippen LogP contribution in [-0.4, -0.2) is 37.1 Å². The van der Waals surface area contributed by atoms with Gasteiger partial charge in [-0.05, 0) is 52.9 Å². The average molecular weight is 432 g/mol. The van der Waals surface area contributed by atoms with Gasteiger partial charge in [0.15, 0.2) is 11.6 Å². The third-order valence-corrected chi connectivity index (χ3v) is 5.15. The number of hydrogen-bond acceptors (Lipinski definition) is 3. The molecular formula is C12H11Br2Cl2NO2. The van der Waals surface area contributed by atoms with E-state index in [1.807, 2.05) is 0 Å². The van der Waals surface area contributed by atoms with Crippen LogP contribution in [0.5, 0.6) is 0 Å². The third-order valence-electron chi connectivity index (χ3n) is 2.35. The van der Waals surface area contributed by atoms with Crippen LogP contribution in [0.1, 0.15) is 27.6 Å². The summed E-state index contributed by atoms with van der Waals surface area (Å²) in [5.41, 5.74) is 0.539. The van der Waals surface area contributed by atoms with E-state index >= 15 is 0 Å². The van der Waals surface area contributed by atoms with Gasteiger partial charge in [0, 0.05) is 8.95 Å². The Morgan fingerprint density at radius 1 is 1.05 bits per heavy atom. The second-order valence-corrected chi connectivity index (χ2v) is 6.56. The maximum atomic E-state index is 12.2. The molecule has 0 atom stereocenters. The number of halogens is 4. The number of hydrogen-bond donors (Lipinski definition) is 0. The van der Waals surface area contributed by atoms with Gasteiger partial charge >= 0.3 is 0 Å². The standard InChI is InChI=1S/C12H11Br2Cl2NO2/c1-5(18)7-9(13)12(16)8(10(14)11(7)15)6(19)4-17(2)3/h4H2,1-3H3. The summed E-state index contributed by atoms with van der Waals surface area (Å²) in [6.07, 6.45) is 0. The highest BCUT2D eigenvalue weighted by atomic mass is 79.9. The fourth-order valence-electron chi connectivity index (χ4n) is 1.55. The predicted octanol–water partition coefficient (Wildman–Crippen LogP) is 4.47. The van der Waals surface area contributed by atoms with Crippen LogP contribution in [0, 0.1) is 0 Å². The molecule has 104 valence electrons. The van der Waals surface area contributed by atoms with E-state index in [9.17, 15) is 9.59 Å². The van der Waals surface area contributed by atoms with Crippen molar-refractivity contribution in [2.75, 3.05) is 20.6 Å². The maximum absolute atomic E-state index is 12.2. The summed E-state index contributed by atoms with van der Waals surface area (Å²) < 4.78 is 0.691. The average Bonchev–Trinajstić information content (AvgIpc) is 2.25. The lowest BCUT2D eigenvalue weighted by molar-refractivity contribution is 0.0954. The van der Waals surface area contributed by atoms with Gasteiger partial charge in [0.05, 0.1) is 27.7 Å². The van der Waals surface area contributed by atoms with Crippen molar-refractivity contribution in [1.82, 2.24) is 4.90 Å². The van der Waals surface area contributed by atoms with Crippen molar-refractivity contribution in [3.63, 3.8) is 0 Å². The summed E-state index contributed by atoms with van der Waals surface area (Å²) >= 11 is 18.8. The van der Waals surface area contributed by atoms with Crippen LogP contribution in [0.3, 0.4) is 0 Å². The monoisotopic (exact) mass is 429 g/mol. The van der Waals surface area contributed by atoms with E-state index in [-0.39, 0.29) is 39.3 Å². The molecule has 0 bridgehead atoms. The van der Waals surface area contributed by atoms with Gasteiger partial charge in [-0.1, -0.05) is 23.2 Å². The van der Waals surface area contributed by atoms with Crippen molar-refractivity contribution < 1.29 is 9.59 Å². The summed E-state index contributed by atoms with van der Waals surface area (Å²) in [5.74, 6) is -0.411. The number of carbonyl (C=O) groups is 2. The third kappa shape index (κ3) is 3.58. The molecule has 3 nitrogen and oxygen atoms in total. The zero-order chi connectivity index (χ0) is 14.9. The largest absolute Gasteiger partial charge is 0.302 e. The molecular weight excluding hydrogens is 421 g/mol. The molecule has 0 saturated heterocycles. The summed E-state index contributed by atoms with van der Waals surface area (Å²) in [4.78, 5) is 25.5. The Hall–Kier alpha value is 0.0600. The van der Waals surface area contributed by atoms with Gasteiger partial charge in [-0.3, -0.25) is 9.59 Å². The molecule has 0 N–H and O–H groups in total. The Morgan fingerprint density at radius 2 is 1.47 bits per heavy atom. The predicted molar refractivity (Wildman–Crippen MR) is 84.8 cm³/mol. The molecule has 19 heavy (non-hydrogen) atoms. The Kier molecular flexibility index (Phi) is 6.01. The van der Waals surface area contributed by atoms with Crippen molar-refractivity contribution >= 4 is 66.6 Å². The lowest BCUT2D eigenvalue weighted by Gasteiger charge is -2.15. The number of carbonyl (C=O) groups excluding carboxylic acids is 2. The summed E-state index contributed by atoms with van der Waals surface area (Å²) in [6, 6.07) is 0. The first-order chi connectivity index (χ1) is 8.68. The minimum Gasteiger partial charge on any atom is -0.302 e. The number of rotatable bonds is 4. The number of nitrogens with zero attached hydrogens (tertiary/aromatic N) is 1. The van der Waals surface area contributed by atoms with Crippen LogP contribution in [0.25, 0.3) is 0 Å². The normalized spacial score (nSPS) is 10.9. The minimum atomic E-state index is -0.230. The van der Waals surface area contributed by atoms with Crippen molar-refractivity contribution in [3.05, 3.63) is 30.1 Å². The van der Waals surface area contributed by atoms with Crippen molar-refractivity contribution in [3.8, 4) is 0 Å². The van der Waals surface area contributed by atoms with Gasteiger partial charge < -0.3 is 4.90 Å². The lowest BCUT2D eigenvalue weighted by atomic mass is 10.1. The number of likely N-dealkylation sites (N-methyl/N-ethyl adjacent to an activating group) is 1. The van der Waals surface area contributed by atoms with Crippen molar-refractivity contribution in [1.29, 1.82) is 0 Å². The van der Waals surface area contributed by atoms with Crippen LogP contribution in [0.15, 0.2) is 8.95 Å². The van der Waals surface area contributed by atoms with E-state index in [1.54, 1.807) is 19.0 Å². The van der Waals surface area contributed by atoms with Gasteiger partial charge in [-0.2, -0.15) is 0 Å². The van der Waals surface area contributed by atoms with E-state index in [1.165, 1.54) is 6.92 Å². The molecule has 0 amide bonds. The van der Waals surface area contributed by atoms with Crippen LogP contribution in [0.4, 0.5) is 0 Å². The molecule has 0 spiro atoms. The van der Waals surface area contributed by atoms with Crippen molar-refractivity contribution in [2.24, 2.45) is 0 Å². The quantitative estimate of drug-likeness (QED) is 0.521. The van der Waals surface area contributed by atoms with Gasteiger partial charge in [-0.25, -0.2) is 0 Å². The fourth-order valence-corrected chi connectivity index (χ4v) is 3.69. The first kappa shape index (κ1) is 17.1. The van der Waals surface area contributed by atoms with Gasteiger partial charge in [0.25, 0.3) is 0 Å². The summed E-state index contributed by atoms with van der Waals surface area (Å²) in [7, 11) is 3.56. The van der Waals surface area contributed by atoms with E-state index < -0.39 is 0 Å². The molecule has 0 heterocycles. The van der Waals surface area contributed by atoms with E-state index in [2.05, 4.69) is 31.9 Å². The van der Waals surface area contributed by atoms with Crippen LogP contribution >= 0.6 is 55.1 Å². The molecule has 0 aliphatic rings. The Balaban J connectivity index is 3.53.